The van der Waals surface area contributed by atoms with Crippen LogP contribution in [0.15, 0.2) is 28.7 Å². The zero-order chi connectivity index (χ0) is 13.1. The van der Waals surface area contributed by atoms with Gasteiger partial charge in [-0.05, 0) is 38.6 Å². The van der Waals surface area contributed by atoms with Crippen molar-refractivity contribution in [1.82, 2.24) is 10.3 Å². The van der Waals surface area contributed by atoms with E-state index < -0.39 is 0 Å². The summed E-state index contributed by atoms with van der Waals surface area (Å²) >= 11 is 5.26. The molecule has 0 amide bonds. The highest BCUT2D eigenvalue weighted by atomic mass is 79.9. The van der Waals surface area contributed by atoms with Crippen LogP contribution in [0.4, 0.5) is 0 Å². The number of halogens is 1. The third kappa shape index (κ3) is 3.19. The third-order valence-corrected chi connectivity index (χ3v) is 4.84. The number of hydrogen-bond donors (Lipinski definition) is 1. The average molecular weight is 325 g/mol. The molecule has 0 radical (unpaired) electrons. The fourth-order valence-corrected chi connectivity index (χ4v) is 3.28. The van der Waals surface area contributed by atoms with Gasteiger partial charge in [0, 0.05) is 21.8 Å². The van der Waals surface area contributed by atoms with E-state index in [1.165, 1.54) is 15.4 Å². The van der Waals surface area contributed by atoms with Gasteiger partial charge in [0.2, 0.25) is 0 Å². The van der Waals surface area contributed by atoms with Crippen molar-refractivity contribution in [3.63, 3.8) is 0 Å². The average Bonchev–Trinajstić information content (AvgIpc) is 2.72. The molecule has 4 heteroatoms. The molecule has 2 nitrogen and oxygen atoms in total. The first-order chi connectivity index (χ1) is 8.60. The molecule has 0 fully saturated rings. The summed E-state index contributed by atoms with van der Waals surface area (Å²) in [5, 5.41) is 4.46. The van der Waals surface area contributed by atoms with E-state index in [0.717, 1.165) is 16.6 Å². The molecule has 1 aromatic heterocycles. The van der Waals surface area contributed by atoms with Crippen molar-refractivity contribution in [3.8, 4) is 0 Å². The van der Waals surface area contributed by atoms with Gasteiger partial charge in [-0.1, -0.05) is 28.1 Å². The van der Waals surface area contributed by atoms with Crippen LogP contribution in [0.2, 0.25) is 0 Å². The zero-order valence-corrected chi connectivity index (χ0v) is 13.2. The zero-order valence-electron chi connectivity index (χ0n) is 10.8. The summed E-state index contributed by atoms with van der Waals surface area (Å²) in [7, 11) is 1.98. The molecule has 0 aliphatic rings. The number of aryl methyl sites for hydroxylation is 1. The van der Waals surface area contributed by atoms with Crippen molar-refractivity contribution < 1.29 is 0 Å². The van der Waals surface area contributed by atoms with E-state index >= 15 is 0 Å². The Morgan fingerprint density at radius 2 is 2.00 bits per heavy atom. The van der Waals surface area contributed by atoms with Gasteiger partial charge in [-0.2, -0.15) is 0 Å². The predicted molar refractivity (Wildman–Crippen MR) is 81.3 cm³/mol. The third-order valence-electron chi connectivity index (χ3n) is 2.97. The molecule has 0 bridgehead atoms. The lowest BCUT2D eigenvalue weighted by molar-refractivity contribution is 0.658. The van der Waals surface area contributed by atoms with Crippen LogP contribution in [0.5, 0.6) is 0 Å². The van der Waals surface area contributed by atoms with E-state index in [2.05, 4.69) is 64.3 Å². The lowest BCUT2D eigenvalue weighted by Gasteiger charge is -2.06. The van der Waals surface area contributed by atoms with Gasteiger partial charge in [0.25, 0.3) is 0 Å². The van der Waals surface area contributed by atoms with Crippen molar-refractivity contribution in [2.45, 2.75) is 26.3 Å². The van der Waals surface area contributed by atoms with Crippen LogP contribution >= 0.6 is 27.3 Å². The van der Waals surface area contributed by atoms with Gasteiger partial charge >= 0.3 is 0 Å². The van der Waals surface area contributed by atoms with Crippen LogP contribution in [0.25, 0.3) is 0 Å². The van der Waals surface area contributed by atoms with Gasteiger partial charge in [0.05, 0.1) is 10.7 Å². The summed E-state index contributed by atoms with van der Waals surface area (Å²) in [5.41, 5.74) is 2.45. The number of nitrogens with one attached hydrogen (secondary N) is 1. The Labute approximate surface area is 121 Å². The van der Waals surface area contributed by atoms with Gasteiger partial charge in [-0.3, -0.25) is 0 Å². The lowest BCUT2D eigenvalue weighted by Crippen LogP contribution is -2.11. The molecule has 0 aliphatic carbocycles. The van der Waals surface area contributed by atoms with Crippen LogP contribution in [-0.2, 0) is 6.42 Å². The maximum atomic E-state index is 4.66. The van der Waals surface area contributed by atoms with Crippen LogP contribution < -0.4 is 5.32 Å². The lowest BCUT2D eigenvalue weighted by atomic mass is 10.2. The van der Waals surface area contributed by atoms with Crippen LogP contribution in [0, 0.1) is 6.92 Å². The highest BCUT2D eigenvalue weighted by molar-refractivity contribution is 9.10. The van der Waals surface area contributed by atoms with Crippen molar-refractivity contribution in [2.24, 2.45) is 0 Å². The predicted octanol–water partition coefficient (Wildman–Crippen LogP) is 4.09. The van der Waals surface area contributed by atoms with E-state index in [1.54, 1.807) is 11.3 Å². The van der Waals surface area contributed by atoms with E-state index in [9.17, 15) is 0 Å². The molecule has 1 N–H and O–H groups in total. The highest BCUT2D eigenvalue weighted by Gasteiger charge is 2.12. The first-order valence-corrected chi connectivity index (χ1v) is 7.59. The second-order valence-corrected chi connectivity index (χ2v) is 6.40. The Hall–Kier alpha value is -0.710. The summed E-state index contributed by atoms with van der Waals surface area (Å²) in [6.45, 7) is 4.26. The smallest absolute Gasteiger partial charge is 0.0975 e. The Morgan fingerprint density at radius 1 is 1.33 bits per heavy atom. The molecule has 0 saturated carbocycles. The van der Waals surface area contributed by atoms with Crippen molar-refractivity contribution >= 4 is 27.3 Å². The summed E-state index contributed by atoms with van der Waals surface area (Å²) in [6.07, 6.45) is 0.912. The fraction of sp³-hybridized carbons (Fsp3) is 0.357. The minimum Gasteiger partial charge on any atom is -0.312 e. The Kier molecular flexibility index (Phi) is 4.54. The topological polar surface area (TPSA) is 24.9 Å². The SMILES string of the molecule is CNC(C)c1sc(Cc2ccc(Br)cc2)nc1C. The summed E-state index contributed by atoms with van der Waals surface area (Å²) < 4.78 is 1.12. The summed E-state index contributed by atoms with van der Waals surface area (Å²) in [6, 6.07) is 8.81. The molecule has 2 aromatic rings. The van der Waals surface area contributed by atoms with Crippen LogP contribution in [0.3, 0.4) is 0 Å². The molecule has 0 spiro atoms. The van der Waals surface area contributed by atoms with Gasteiger partial charge in [0.15, 0.2) is 0 Å². The number of nitrogens with zero attached hydrogens (tertiary/aromatic N) is 1. The molecule has 1 aromatic carbocycles. The van der Waals surface area contributed by atoms with Crippen LogP contribution in [-0.4, -0.2) is 12.0 Å². The van der Waals surface area contributed by atoms with E-state index in [-0.39, 0.29) is 0 Å². The number of rotatable bonds is 4. The summed E-state index contributed by atoms with van der Waals surface area (Å²) in [4.78, 5) is 6.00. The molecule has 18 heavy (non-hydrogen) atoms. The Balaban J connectivity index is 2.17. The van der Waals surface area contributed by atoms with Gasteiger partial charge < -0.3 is 5.32 Å². The Bertz CT molecular complexity index is 519. The number of aromatic nitrogens is 1. The van der Waals surface area contributed by atoms with Crippen molar-refractivity contribution in [2.75, 3.05) is 7.05 Å². The molecule has 0 saturated heterocycles. The molecule has 1 heterocycles. The largest absolute Gasteiger partial charge is 0.312 e. The molecule has 0 aliphatic heterocycles. The number of hydrogen-bond acceptors (Lipinski definition) is 3. The summed E-state index contributed by atoms with van der Waals surface area (Å²) in [5.74, 6) is 0. The highest BCUT2D eigenvalue weighted by Crippen LogP contribution is 2.26. The molecular formula is C14H17BrN2S. The monoisotopic (exact) mass is 324 g/mol. The molecule has 1 unspecified atom stereocenters. The quantitative estimate of drug-likeness (QED) is 0.916. The van der Waals surface area contributed by atoms with Crippen LogP contribution in [0.1, 0.15) is 34.1 Å². The molecule has 96 valence electrons. The first-order valence-electron chi connectivity index (χ1n) is 5.98. The standard InChI is InChI=1S/C14H17BrN2S/c1-9(16-3)14-10(2)17-13(18-14)8-11-4-6-12(15)7-5-11/h4-7,9,16H,8H2,1-3H3. The maximum absolute atomic E-state index is 4.66. The van der Waals surface area contributed by atoms with E-state index in [0.29, 0.717) is 6.04 Å². The van der Waals surface area contributed by atoms with Gasteiger partial charge in [0.1, 0.15) is 0 Å². The minimum atomic E-state index is 0.376. The van der Waals surface area contributed by atoms with Crippen molar-refractivity contribution in [3.05, 3.63) is 49.9 Å². The molecule has 2 rings (SSSR count). The number of thiazole rings is 1. The molecular weight excluding hydrogens is 308 g/mol. The first kappa shape index (κ1) is 13.7. The van der Waals surface area contributed by atoms with Crippen molar-refractivity contribution in [1.29, 1.82) is 0 Å². The van der Waals surface area contributed by atoms with E-state index in [4.69, 9.17) is 0 Å². The second-order valence-electron chi connectivity index (χ2n) is 4.37. The van der Waals surface area contributed by atoms with E-state index in [1.807, 2.05) is 7.05 Å². The Morgan fingerprint density at radius 3 is 2.61 bits per heavy atom. The number of benzene rings is 1. The maximum Gasteiger partial charge on any atom is 0.0975 e. The second kappa shape index (κ2) is 5.95. The minimum absolute atomic E-state index is 0.376. The fourth-order valence-electron chi connectivity index (χ4n) is 1.85. The van der Waals surface area contributed by atoms with Gasteiger partial charge in [-0.15, -0.1) is 11.3 Å². The normalized spacial score (nSPS) is 12.7. The van der Waals surface area contributed by atoms with Gasteiger partial charge in [-0.25, -0.2) is 4.98 Å². The molecule has 1 atom stereocenters.